The van der Waals surface area contributed by atoms with E-state index >= 15 is 0 Å². The number of hydrogen-bond acceptors (Lipinski definition) is 5. The molecular weight excluding hydrogens is 324 g/mol. The molecule has 25 heavy (non-hydrogen) atoms. The number of carbonyl (C=O) groups is 2. The van der Waals surface area contributed by atoms with E-state index in [1.807, 2.05) is 18.2 Å². The first-order valence-corrected chi connectivity index (χ1v) is 8.34. The molecule has 1 unspecified atom stereocenters. The second-order valence-corrected chi connectivity index (χ2v) is 5.96. The van der Waals surface area contributed by atoms with Crippen molar-refractivity contribution in [3.63, 3.8) is 0 Å². The van der Waals surface area contributed by atoms with Gasteiger partial charge in [0.05, 0.1) is 26.7 Å². The maximum atomic E-state index is 12.1. The zero-order valence-corrected chi connectivity index (χ0v) is 15.0. The molecule has 2 rings (SSSR count). The van der Waals surface area contributed by atoms with Crippen molar-refractivity contribution >= 4 is 11.8 Å². The van der Waals surface area contributed by atoms with Gasteiger partial charge in [0.1, 0.15) is 0 Å². The van der Waals surface area contributed by atoms with Crippen molar-refractivity contribution in [2.24, 2.45) is 5.92 Å². The number of likely N-dealkylation sites (tertiary alicyclic amines) is 1. The Morgan fingerprint density at radius 2 is 2.00 bits per heavy atom. The summed E-state index contributed by atoms with van der Waals surface area (Å²) in [5, 5.41) is 2.79. The highest BCUT2D eigenvalue weighted by atomic mass is 16.5. The monoisotopic (exact) mass is 350 g/mol. The van der Waals surface area contributed by atoms with E-state index in [0.717, 1.165) is 5.56 Å². The van der Waals surface area contributed by atoms with Gasteiger partial charge in [-0.05, 0) is 24.1 Å². The lowest BCUT2D eigenvalue weighted by molar-refractivity contribution is -0.129. The fraction of sp³-hybridized carbons (Fsp3) is 0.556. The topological polar surface area (TPSA) is 77.1 Å². The highest BCUT2D eigenvalue weighted by molar-refractivity contribution is 5.89. The average Bonchev–Trinajstić information content (AvgIpc) is 3.00. The van der Waals surface area contributed by atoms with Gasteiger partial charge in [-0.15, -0.1) is 0 Å². The minimum absolute atomic E-state index is 0.0207. The molecule has 1 N–H and O–H groups in total. The first kappa shape index (κ1) is 19.1. The number of benzene rings is 1. The Bertz CT molecular complexity index is 605. The third-order valence-corrected chi connectivity index (χ3v) is 4.31. The normalized spacial score (nSPS) is 16.8. The van der Waals surface area contributed by atoms with Gasteiger partial charge in [-0.25, -0.2) is 0 Å². The van der Waals surface area contributed by atoms with Crippen LogP contribution in [0, 0.1) is 5.92 Å². The maximum absolute atomic E-state index is 12.1. The van der Waals surface area contributed by atoms with Crippen LogP contribution in [0.5, 0.6) is 11.5 Å². The van der Waals surface area contributed by atoms with Crippen molar-refractivity contribution in [2.75, 3.05) is 47.6 Å². The Balaban J connectivity index is 1.87. The zero-order chi connectivity index (χ0) is 18.2. The van der Waals surface area contributed by atoms with Crippen LogP contribution in [0.3, 0.4) is 0 Å². The predicted octanol–water partition coefficient (Wildman–Crippen LogP) is 0.857. The van der Waals surface area contributed by atoms with E-state index in [1.54, 1.807) is 26.2 Å². The fourth-order valence-corrected chi connectivity index (χ4v) is 2.88. The molecule has 1 atom stereocenters. The summed E-state index contributed by atoms with van der Waals surface area (Å²) < 4.78 is 15.4. The molecule has 1 heterocycles. The van der Waals surface area contributed by atoms with Crippen LogP contribution in [0.1, 0.15) is 12.0 Å². The highest BCUT2D eigenvalue weighted by Gasteiger charge is 2.33. The molecule has 138 valence electrons. The summed E-state index contributed by atoms with van der Waals surface area (Å²) in [6.45, 7) is 1.97. The van der Waals surface area contributed by atoms with Gasteiger partial charge in [-0.2, -0.15) is 0 Å². The first-order valence-electron chi connectivity index (χ1n) is 8.34. The average molecular weight is 350 g/mol. The third-order valence-electron chi connectivity index (χ3n) is 4.31. The van der Waals surface area contributed by atoms with Crippen LogP contribution in [-0.4, -0.2) is 64.3 Å². The summed E-state index contributed by atoms with van der Waals surface area (Å²) in [7, 11) is 4.78. The largest absolute Gasteiger partial charge is 0.493 e. The number of rotatable bonds is 9. The molecule has 1 aromatic rings. The summed E-state index contributed by atoms with van der Waals surface area (Å²) in [5.41, 5.74) is 1.05. The van der Waals surface area contributed by atoms with Gasteiger partial charge >= 0.3 is 0 Å². The number of carbonyl (C=O) groups excluding carboxylic acids is 2. The van der Waals surface area contributed by atoms with E-state index in [1.165, 1.54) is 0 Å². The second kappa shape index (κ2) is 9.27. The first-order chi connectivity index (χ1) is 12.1. The van der Waals surface area contributed by atoms with Crippen LogP contribution in [0.4, 0.5) is 0 Å². The lowest BCUT2D eigenvalue weighted by Gasteiger charge is -2.17. The number of methoxy groups -OCH3 is 3. The Hall–Kier alpha value is -2.28. The van der Waals surface area contributed by atoms with Crippen molar-refractivity contribution in [2.45, 2.75) is 12.8 Å². The van der Waals surface area contributed by atoms with E-state index in [0.29, 0.717) is 44.2 Å². The van der Waals surface area contributed by atoms with Gasteiger partial charge in [0.2, 0.25) is 11.8 Å². The molecular formula is C18H26N2O5. The second-order valence-electron chi connectivity index (χ2n) is 5.96. The van der Waals surface area contributed by atoms with Crippen LogP contribution in [0.25, 0.3) is 0 Å². The molecule has 2 amide bonds. The van der Waals surface area contributed by atoms with Gasteiger partial charge in [0.25, 0.3) is 0 Å². The maximum Gasteiger partial charge on any atom is 0.225 e. The Labute approximate surface area is 148 Å². The molecule has 1 fully saturated rings. The minimum Gasteiger partial charge on any atom is -0.493 e. The van der Waals surface area contributed by atoms with Crippen LogP contribution < -0.4 is 14.8 Å². The van der Waals surface area contributed by atoms with Crippen LogP contribution >= 0.6 is 0 Å². The predicted molar refractivity (Wildman–Crippen MR) is 92.8 cm³/mol. The van der Waals surface area contributed by atoms with Crippen LogP contribution in [0.2, 0.25) is 0 Å². The molecule has 0 bridgehead atoms. The summed E-state index contributed by atoms with van der Waals surface area (Å²) >= 11 is 0. The highest BCUT2D eigenvalue weighted by Crippen LogP contribution is 2.28. The van der Waals surface area contributed by atoms with Crippen molar-refractivity contribution in [3.05, 3.63) is 23.8 Å². The lowest BCUT2D eigenvalue weighted by atomic mass is 10.1. The van der Waals surface area contributed by atoms with E-state index < -0.39 is 0 Å². The number of nitrogens with zero attached hydrogens (tertiary/aromatic N) is 1. The molecule has 1 saturated heterocycles. The Morgan fingerprint density at radius 1 is 1.24 bits per heavy atom. The smallest absolute Gasteiger partial charge is 0.225 e. The van der Waals surface area contributed by atoms with Crippen molar-refractivity contribution in [1.82, 2.24) is 10.2 Å². The molecule has 1 aliphatic heterocycles. The number of hydrogen-bond donors (Lipinski definition) is 1. The molecule has 1 aromatic carbocycles. The fourth-order valence-electron chi connectivity index (χ4n) is 2.88. The molecule has 0 aromatic heterocycles. The Morgan fingerprint density at radius 3 is 2.68 bits per heavy atom. The van der Waals surface area contributed by atoms with Gasteiger partial charge in [0.15, 0.2) is 11.5 Å². The molecule has 7 heteroatoms. The van der Waals surface area contributed by atoms with E-state index in [4.69, 9.17) is 14.2 Å². The minimum atomic E-state index is -0.283. The van der Waals surface area contributed by atoms with Crippen LogP contribution in [0.15, 0.2) is 18.2 Å². The SMILES string of the molecule is COCCNC(=O)C1CC(=O)N(CCc2ccc(OC)c(OC)c2)C1. The summed E-state index contributed by atoms with van der Waals surface area (Å²) in [4.78, 5) is 26.0. The summed E-state index contributed by atoms with van der Waals surface area (Å²) in [6, 6.07) is 5.72. The zero-order valence-electron chi connectivity index (χ0n) is 15.0. The Kier molecular flexibility index (Phi) is 7.06. The molecule has 1 aliphatic rings. The quantitative estimate of drug-likeness (QED) is 0.669. The van der Waals surface area contributed by atoms with Crippen molar-refractivity contribution < 1.29 is 23.8 Å². The number of nitrogens with one attached hydrogen (secondary N) is 1. The van der Waals surface area contributed by atoms with Gasteiger partial charge < -0.3 is 24.4 Å². The molecule has 0 aliphatic carbocycles. The number of amides is 2. The standard InChI is InChI=1S/C18H26N2O5/c1-23-9-7-19-18(22)14-11-17(21)20(12-14)8-6-13-4-5-15(24-2)16(10-13)25-3/h4-5,10,14H,6-9,11-12H2,1-3H3,(H,19,22). The molecule has 0 radical (unpaired) electrons. The van der Waals surface area contributed by atoms with E-state index in [-0.39, 0.29) is 24.2 Å². The lowest BCUT2D eigenvalue weighted by Crippen LogP contribution is -2.35. The van der Waals surface area contributed by atoms with E-state index in [9.17, 15) is 9.59 Å². The molecule has 0 spiro atoms. The summed E-state index contributed by atoms with van der Waals surface area (Å²) in [6.07, 6.45) is 0.967. The number of ether oxygens (including phenoxy) is 3. The molecule has 7 nitrogen and oxygen atoms in total. The van der Waals surface area contributed by atoms with E-state index in [2.05, 4.69) is 5.32 Å². The van der Waals surface area contributed by atoms with Crippen molar-refractivity contribution in [1.29, 1.82) is 0 Å². The third kappa shape index (κ3) is 5.09. The van der Waals surface area contributed by atoms with Gasteiger partial charge in [-0.3, -0.25) is 9.59 Å². The van der Waals surface area contributed by atoms with Gasteiger partial charge in [-0.1, -0.05) is 6.07 Å². The van der Waals surface area contributed by atoms with Crippen molar-refractivity contribution in [3.8, 4) is 11.5 Å². The summed E-state index contributed by atoms with van der Waals surface area (Å²) in [5.74, 6) is 1.00. The molecule has 0 saturated carbocycles. The van der Waals surface area contributed by atoms with Crippen LogP contribution in [-0.2, 0) is 20.7 Å². The van der Waals surface area contributed by atoms with Gasteiger partial charge in [0, 0.05) is 33.2 Å².